The Morgan fingerprint density at radius 3 is 2.93 bits per heavy atom. The second-order valence-corrected chi connectivity index (χ2v) is 7.66. The number of urea groups is 1. The summed E-state index contributed by atoms with van der Waals surface area (Å²) in [6.45, 7) is 5.45. The van der Waals surface area contributed by atoms with Gasteiger partial charge in [0.25, 0.3) is 0 Å². The summed E-state index contributed by atoms with van der Waals surface area (Å²) >= 11 is 0. The zero-order valence-electron chi connectivity index (χ0n) is 16.8. The predicted molar refractivity (Wildman–Crippen MR) is 113 cm³/mol. The summed E-state index contributed by atoms with van der Waals surface area (Å²) in [6.07, 6.45) is 4.60. The van der Waals surface area contributed by atoms with Crippen molar-refractivity contribution in [3.8, 4) is 5.75 Å². The van der Waals surface area contributed by atoms with Crippen molar-refractivity contribution in [2.45, 2.75) is 38.8 Å². The third kappa shape index (κ3) is 4.59. The number of rotatable bonds is 6. The maximum absolute atomic E-state index is 12.3. The maximum Gasteiger partial charge on any atom is 0.319 e. The molecule has 1 aromatic heterocycles. The van der Waals surface area contributed by atoms with Gasteiger partial charge in [0.1, 0.15) is 17.7 Å². The Kier molecular flexibility index (Phi) is 5.51. The van der Waals surface area contributed by atoms with Gasteiger partial charge in [0, 0.05) is 37.0 Å². The van der Waals surface area contributed by atoms with Gasteiger partial charge >= 0.3 is 6.03 Å². The summed E-state index contributed by atoms with van der Waals surface area (Å²) in [7, 11) is 0. The van der Waals surface area contributed by atoms with Crippen LogP contribution in [0.3, 0.4) is 0 Å². The highest BCUT2D eigenvalue weighted by atomic mass is 16.5. The fourth-order valence-corrected chi connectivity index (χ4v) is 3.65. The number of imidazole rings is 1. The molecule has 150 valence electrons. The van der Waals surface area contributed by atoms with E-state index in [9.17, 15) is 4.79 Å². The third-order valence-corrected chi connectivity index (χ3v) is 5.01. The average Bonchev–Trinajstić information content (AvgIpc) is 3.33. The van der Waals surface area contributed by atoms with Crippen LogP contribution < -0.4 is 15.4 Å². The van der Waals surface area contributed by atoms with Crippen LogP contribution in [0.25, 0.3) is 0 Å². The van der Waals surface area contributed by atoms with Gasteiger partial charge in [-0.2, -0.15) is 0 Å². The van der Waals surface area contributed by atoms with E-state index in [-0.39, 0.29) is 12.1 Å². The van der Waals surface area contributed by atoms with Gasteiger partial charge in [-0.05, 0) is 29.3 Å². The zero-order chi connectivity index (χ0) is 20.2. The van der Waals surface area contributed by atoms with Crippen LogP contribution in [0.4, 0.5) is 10.5 Å². The van der Waals surface area contributed by atoms with Crippen molar-refractivity contribution >= 4 is 11.7 Å². The average molecular weight is 390 g/mol. The van der Waals surface area contributed by atoms with Crippen LogP contribution >= 0.6 is 0 Å². The van der Waals surface area contributed by atoms with Crippen LogP contribution in [0.15, 0.2) is 60.9 Å². The van der Waals surface area contributed by atoms with Gasteiger partial charge in [-0.25, -0.2) is 9.78 Å². The number of nitrogens with zero attached hydrogens (tertiary/aromatic N) is 2. The quantitative estimate of drug-likeness (QED) is 0.663. The largest absolute Gasteiger partial charge is 0.488 e. The summed E-state index contributed by atoms with van der Waals surface area (Å²) in [5.74, 6) is 2.33. The minimum atomic E-state index is -0.229. The Balaban J connectivity index is 1.31. The number of para-hydroxylation sites is 1. The van der Waals surface area contributed by atoms with E-state index in [1.807, 2.05) is 48.8 Å². The minimum absolute atomic E-state index is 0.0276. The van der Waals surface area contributed by atoms with Gasteiger partial charge < -0.3 is 19.9 Å². The molecule has 0 aliphatic carbocycles. The van der Waals surface area contributed by atoms with Crippen molar-refractivity contribution in [1.82, 2.24) is 14.9 Å². The number of hydrogen-bond acceptors (Lipinski definition) is 3. The Bertz CT molecular complexity index is 971. The Hall–Kier alpha value is -3.28. The predicted octanol–water partition coefficient (Wildman–Crippen LogP) is 4.18. The summed E-state index contributed by atoms with van der Waals surface area (Å²) in [5.41, 5.74) is 3.06. The highest BCUT2D eigenvalue weighted by Gasteiger charge is 2.22. The van der Waals surface area contributed by atoms with Gasteiger partial charge in [-0.1, -0.05) is 44.2 Å². The van der Waals surface area contributed by atoms with Gasteiger partial charge in [0.2, 0.25) is 0 Å². The lowest BCUT2D eigenvalue weighted by Crippen LogP contribution is -2.37. The number of carbonyl (C=O) groups excluding carboxylic acids is 1. The monoisotopic (exact) mass is 390 g/mol. The molecule has 1 aliphatic rings. The number of ether oxygens (including phenoxy) is 1. The number of anilines is 1. The van der Waals surface area contributed by atoms with Gasteiger partial charge in [0.15, 0.2) is 0 Å². The third-order valence-electron chi connectivity index (χ3n) is 5.01. The van der Waals surface area contributed by atoms with Crippen molar-refractivity contribution in [2.75, 3.05) is 11.9 Å². The molecule has 0 fully saturated rings. The molecular formula is C23H26N4O2. The molecule has 1 unspecified atom stereocenters. The fraction of sp³-hybridized carbons (Fsp3) is 0.304. The second kappa shape index (κ2) is 8.39. The Labute approximate surface area is 170 Å². The van der Waals surface area contributed by atoms with Crippen LogP contribution in [0.2, 0.25) is 0 Å². The number of amides is 2. The highest BCUT2D eigenvalue weighted by molar-refractivity contribution is 5.89. The number of carbonyl (C=O) groups is 1. The van der Waals surface area contributed by atoms with E-state index >= 15 is 0 Å². The van der Waals surface area contributed by atoms with Crippen LogP contribution in [0.5, 0.6) is 5.75 Å². The SMILES string of the molecule is CC(C)c1nccn1Cc1cccc(NC(=O)NCC2Cc3ccccc3O2)c1. The van der Waals surface area contributed by atoms with Crippen molar-refractivity contribution in [1.29, 1.82) is 0 Å². The van der Waals surface area contributed by atoms with E-state index < -0.39 is 0 Å². The van der Waals surface area contributed by atoms with Crippen molar-refractivity contribution in [3.05, 3.63) is 77.9 Å². The Morgan fingerprint density at radius 1 is 1.24 bits per heavy atom. The highest BCUT2D eigenvalue weighted by Crippen LogP contribution is 2.27. The molecule has 2 amide bonds. The second-order valence-electron chi connectivity index (χ2n) is 7.66. The van der Waals surface area contributed by atoms with Gasteiger partial charge in [0.05, 0.1) is 6.54 Å². The molecule has 2 heterocycles. The zero-order valence-corrected chi connectivity index (χ0v) is 16.8. The maximum atomic E-state index is 12.3. The number of benzene rings is 2. The molecule has 2 N–H and O–H groups in total. The lowest BCUT2D eigenvalue weighted by Gasteiger charge is -2.14. The van der Waals surface area contributed by atoms with E-state index in [0.29, 0.717) is 12.5 Å². The molecule has 29 heavy (non-hydrogen) atoms. The minimum Gasteiger partial charge on any atom is -0.488 e. The first-order valence-electron chi connectivity index (χ1n) is 9.98. The fourth-order valence-electron chi connectivity index (χ4n) is 3.65. The molecule has 2 aromatic carbocycles. The van der Waals surface area contributed by atoms with Crippen molar-refractivity contribution < 1.29 is 9.53 Å². The van der Waals surface area contributed by atoms with Gasteiger partial charge in [-0.15, -0.1) is 0 Å². The topological polar surface area (TPSA) is 68.2 Å². The molecule has 0 radical (unpaired) electrons. The number of aromatic nitrogens is 2. The molecule has 6 nitrogen and oxygen atoms in total. The lowest BCUT2D eigenvalue weighted by molar-refractivity contribution is 0.219. The van der Waals surface area contributed by atoms with Crippen molar-refractivity contribution in [2.24, 2.45) is 0 Å². The molecule has 0 bridgehead atoms. The first-order valence-corrected chi connectivity index (χ1v) is 9.98. The number of nitrogens with one attached hydrogen (secondary N) is 2. The summed E-state index contributed by atoms with van der Waals surface area (Å²) in [6, 6.07) is 15.6. The summed E-state index contributed by atoms with van der Waals surface area (Å²) in [5, 5.41) is 5.82. The smallest absolute Gasteiger partial charge is 0.319 e. The molecule has 1 aliphatic heterocycles. The molecular weight excluding hydrogens is 364 g/mol. The first kappa shape index (κ1) is 19.1. The van der Waals surface area contributed by atoms with E-state index in [1.54, 1.807) is 0 Å². The number of hydrogen-bond donors (Lipinski definition) is 2. The lowest BCUT2D eigenvalue weighted by atomic mass is 10.1. The molecule has 1 atom stereocenters. The van der Waals surface area contributed by atoms with E-state index in [1.165, 1.54) is 5.56 Å². The normalized spacial score (nSPS) is 15.1. The van der Waals surface area contributed by atoms with Crippen LogP contribution in [0, 0.1) is 0 Å². The van der Waals surface area contributed by atoms with Crippen LogP contribution in [-0.2, 0) is 13.0 Å². The molecule has 0 saturated carbocycles. The van der Waals surface area contributed by atoms with Crippen LogP contribution in [0.1, 0.15) is 36.7 Å². The molecule has 4 rings (SSSR count). The summed E-state index contributed by atoms with van der Waals surface area (Å²) < 4.78 is 8.00. The molecule has 6 heteroatoms. The van der Waals surface area contributed by atoms with E-state index in [2.05, 4.69) is 46.2 Å². The first-order chi connectivity index (χ1) is 14.1. The van der Waals surface area contributed by atoms with Crippen molar-refractivity contribution in [3.63, 3.8) is 0 Å². The molecule has 0 saturated heterocycles. The van der Waals surface area contributed by atoms with Crippen LogP contribution in [-0.4, -0.2) is 28.2 Å². The van der Waals surface area contributed by atoms with Gasteiger partial charge in [-0.3, -0.25) is 0 Å². The summed E-state index contributed by atoms with van der Waals surface area (Å²) in [4.78, 5) is 16.8. The van der Waals surface area contributed by atoms with E-state index in [0.717, 1.165) is 35.8 Å². The standard InChI is InChI=1S/C23H26N4O2/c1-16(2)22-24-10-11-27(22)15-17-6-5-8-19(12-17)26-23(28)25-14-20-13-18-7-3-4-9-21(18)29-20/h3-12,16,20H,13-15H2,1-2H3,(H2,25,26,28). The Morgan fingerprint density at radius 2 is 2.10 bits per heavy atom. The molecule has 3 aromatic rings. The molecule has 0 spiro atoms. The van der Waals surface area contributed by atoms with E-state index in [4.69, 9.17) is 4.74 Å². The number of fused-ring (bicyclic) bond motifs is 1.